The van der Waals surface area contributed by atoms with Crippen molar-refractivity contribution in [1.82, 2.24) is 20.4 Å². The van der Waals surface area contributed by atoms with Gasteiger partial charge in [-0.05, 0) is 25.1 Å². The number of nitrogens with one attached hydrogen (secondary N) is 1. The molecular formula is C21H22N4. The van der Waals surface area contributed by atoms with Crippen LogP contribution in [-0.4, -0.2) is 27.6 Å². The highest BCUT2D eigenvalue weighted by molar-refractivity contribution is 5.80. The highest BCUT2D eigenvalue weighted by Gasteiger charge is 2.21. The molecule has 0 spiro atoms. The Labute approximate surface area is 148 Å². The monoisotopic (exact) mass is 330 g/mol. The first-order chi connectivity index (χ1) is 12.2. The Kier molecular flexibility index (Phi) is 5.21. The molecule has 1 atom stereocenters. The fraction of sp³-hybridized carbons (Fsp3) is 0.143. The first kappa shape index (κ1) is 16.9. The smallest absolute Gasteiger partial charge is 0.0893 e. The van der Waals surface area contributed by atoms with E-state index in [1.54, 1.807) is 12.4 Å². The van der Waals surface area contributed by atoms with Gasteiger partial charge in [0.05, 0.1) is 29.3 Å². The molecule has 2 aromatic rings. The van der Waals surface area contributed by atoms with Gasteiger partial charge in [0.15, 0.2) is 0 Å². The predicted molar refractivity (Wildman–Crippen MR) is 104 cm³/mol. The maximum atomic E-state index is 4.40. The standard InChI is InChI=1S/C21H22N4/c1-4-16(3)8-6-7-13-25-21(15-18(5-2)24-25)17-9-10-19-20(14-17)23-12-11-22-19/h4-12,14-15,18,24H,1-2,13H2,3H3/b7-6-,16-8-. The molecule has 0 fully saturated rings. The summed E-state index contributed by atoms with van der Waals surface area (Å²) in [6, 6.07) is 6.27. The molecule has 1 unspecified atom stereocenters. The molecule has 0 saturated carbocycles. The summed E-state index contributed by atoms with van der Waals surface area (Å²) in [5, 5.41) is 2.12. The Hall–Kier alpha value is -2.98. The third-order valence-electron chi connectivity index (χ3n) is 4.06. The van der Waals surface area contributed by atoms with Crippen LogP contribution in [0.15, 0.2) is 85.8 Å². The molecular weight excluding hydrogens is 308 g/mol. The van der Waals surface area contributed by atoms with E-state index >= 15 is 0 Å². The lowest BCUT2D eigenvalue weighted by atomic mass is 10.1. The maximum Gasteiger partial charge on any atom is 0.0893 e. The van der Waals surface area contributed by atoms with Gasteiger partial charge < -0.3 is 5.01 Å². The van der Waals surface area contributed by atoms with Crippen molar-refractivity contribution in [2.75, 3.05) is 6.54 Å². The molecule has 1 aliphatic heterocycles. The fourth-order valence-corrected chi connectivity index (χ4v) is 2.65. The zero-order chi connectivity index (χ0) is 17.6. The van der Waals surface area contributed by atoms with Crippen molar-refractivity contribution in [3.05, 3.63) is 91.3 Å². The molecule has 1 aliphatic rings. The summed E-state index contributed by atoms with van der Waals surface area (Å²) >= 11 is 0. The summed E-state index contributed by atoms with van der Waals surface area (Å²) in [5.74, 6) is 0. The number of fused-ring (bicyclic) bond motifs is 1. The lowest BCUT2D eigenvalue weighted by Crippen LogP contribution is -2.35. The molecule has 0 aliphatic carbocycles. The van der Waals surface area contributed by atoms with Gasteiger partial charge in [0.2, 0.25) is 0 Å². The molecule has 0 saturated heterocycles. The van der Waals surface area contributed by atoms with Gasteiger partial charge >= 0.3 is 0 Å². The van der Waals surface area contributed by atoms with Gasteiger partial charge in [-0.1, -0.05) is 48.6 Å². The van der Waals surface area contributed by atoms with Crippen molar-refractivity contribution in [3.8, 4) is 0 Å². The van der Waals surface area contributed by atoms with Crippen LogP contribution in [0.2, 0.25) is 0 Å². The zero-order valence-corrected chi connectivity index (χ0v) is 14.4. The average molecular weight is 330 g/mol. The molecule has 0 amide bonds. The second kappa shape index (κ2) is 7.73. The average Bonchev–Trinajstić information content (AvgIpc) is 3.08. The van der Waals surface area contributed by atoms with E-state index in [9.17, 15) is 0 Å². The molecule has 4 heteroatoms. The van der Waals surface area contributed by atoms with E-state index in [1.807, 2.05) is 37.3 Å². The lowest BCUT2D eigenvalue weighted by molar-refractivity contribution is 0.334. The summed E-state index contributed by atoms with van der Waals surface area (Å²) in [5.41, 5.74) is 8.59. The number of hydrogen-bond acceptors (Lipinski definition) is 4. The Morgan fingerprint density at radius 2 is 2.04 bits per heavy atom. The molecule has 25 heavy (non-hydrogen) atoms. The maximum absolute atomic E-state index is 4.40. The van der Waals surface area contributed by atoms with Crippen LogP contribution in [0, 0.1) is 0 Å². The summed E-state index contributed by atoms with van der Waals surface area (Å²) in [6.45, 7) is 10.4. The second-order valence-electron chi connectivity index (χ2n) is 5.86. The topological polar surface area (TPSA) is 41.0 Å². The third-order valence-corrected chi connectivity index (χ3v) is 4.06. The second-order valence-corrected chi connectivity index (χ2v) is 5.86. The van der Waals surface area contributed by atoms with Crippen LogP contribution < -0.4 is 5.43 Å². The Morgan fingerprint density at radius 3 is 2.80 bits per heavy atom. The highest BCUT2D eigenvalue weighted by Crippen LogP contribution is 2.25. The van der Waals surface area contributed by atoms with E-state index in [-0.39, 0.29) is 6.04 Å². The van der Waals surface area contributed by atoms with E-state index in [1.165, 1.54) is 0 Å². The van der Waals surface area contributed by atoms with Crippen molar-refractivity contribution in [1.29, 1.82) is 0 Å². The molecule has 1 aromatic heterocycles. The summed E-state index contributed by atoms with van der Waals surface area (Å²) in [6.07, 6.45) is 15.5. The minimum absolute atomic E-state index is 0.117. The normalized spacial score (nSPS) is 18.0. The number of rotatable bonds is 6. The molecule has 1 aromatic carbocycles. The van der Waals surface area contributed by atoms with Crippen molar-refractivity contribution in [2.45, 2.75) is 13.0 Å². The predicted octanol–water partition coefficient (Wildman–Crippen LogP) is 4.03. The van der Waals surface area contributed by atoms with Crippen molar-refractivity contribution < 1.29 is 0 Å². The van der Waals surface area contributed by atoms with Crippen LogP contribution in [0.5, 0.6) is 0 Å². The first-order valence-corrected chi connectivity index (χ1v) is 8.26. The molecule has 4 nitrogen and oxygen atoms in total. The van der Waals surface area contributed by atoms with E-state index in [2.05, 4.69) is 57.8 Å². The van der Waals surface area contributed by atoms with Crippen LogP contribution in [0.3, 0.4) is 0 Å². The van der Waals surface area contributed by atoms with Crippen molar-refractivity contribution >= 4 is 16.7 Å². The summed E-state index contributed by atoms with van der Waals surface area (Å²) < 4.78 is 0. The van der Waals surface area contributed by atoms with E-state index in [0.717, 1.165) is 34.4 Å². The zero-order valence-electron chi connectivity index (χ0n) is 14.4. The SMILES string of the molecule is C=C/C(C)=C\C=C/CN1NC(C=C)C=C1c1ccc2nccnc2c1. The lowest BCUT2D eigenvalue weighted by Gasteiger charge is -2.22. The van der Waals surface area contributed by atoms with Gasteiger partial charge in [-0.2, -0.15) is 0 Å². The quantitative estimate of drug-likeness (QED) is 0.641. The minimum atomic E-state index is 0.117. The number of hydrazine groups is 1. The van der Waals surface area contributed by atoms with Crippen LogP contribution in [0.25, 0.3) is 16.7 Å². The van der Waals surface area contributed by atoms with E-state index in [0.29, 0.717) is 0 Å². The number of hydrogen-bond donors (Lipinski definition) is 1. The van der Waals surface area contributed by atoms with Gasteiger partial charge in [0.1, 0.15) is 0 Å². The molecule has 3 rings (SSSR count). The van der Waals surface area contributed by atoms with Crippen LogP contribution in [0.4, 0.5) is 0 Å². The van der Waals surface area contributed by atoms with Crippen LogP contribution in [0.1, 0.15) is 12.5 Å². The molecule has 1 N–H and O–H groups in total. The molecule has 0 bridgehead atoms. The largest absolute Gasteiger partial charge is 0.303 e. The Balaban J connectivity index is 1.84. The summed E-state index contributed by atoms with van der Waals surface area (Å²) in [4.78, 5) is 8.73. The van der Waals surface area contributed by atoms with Gasteiger partial charge in [-0.3, -0.25) is 9.97 Å². The molecule has 0 radical (unpaired) electrons. The first-order valence-electron chi connectivity index (χ1n) is 8.26. The van der Waals surface area contributed by atoms with Gasteiger partial charge in [0.25, 0.3) is 0 Å². The summed E-state index contributed by atoms with van der Waals surface area (Å²) in [7, 11) is 0. The Morgan fingerprint density at radius 1 is 1.24 bits per heavy atom. The van der Waals surface area contributed by atoms with Crippen molar-refractivity contribution in [2.24, 2.45) is 0 Å². The van der Waals surface area contributed by atoms with Crippen LogP contribution in [-0.2, 0) is 0 Å². The molecule has 2 heterocycles. The van der Waals surface area contributed by atoms with Crippen molar-refractivity contribution in [3.63, 3.8) is 0 Å². The van der Waals surface area contributed by atoms with Gasteiger partial charge in [-0.25, -0.2) is 5.43 Å². The Bertz CT molecular complexity index is 876. The number of aromatic nitrogens is 2. The third kappa shape index (κ3) is 3.92. The van der Waals surface area contributed by atoms with Gasteiger partial charge in [-0.15, -0.1) is 6.58 Å². The van der Waals surface area contributed by atoms with E-state index in [4.69, 9.17) is 0 Å². The number of nitrogens with zero attached hydrogens (tertiary/aromatic N) is 3. The van der Waals surface area contributed by atoms with Crippen LogP contribution >= 0.6 is 0 Å². The molecule has 126 valence electrons. The minimum Gasteiger partial charge on any atom is -0.303 e. The van der Waals surface area contributed by atoms with Gasteiger partial charge in [0, 0.05) is 18.0 Å². The fourth-order valence-electron chi connectivity index (χ4n) is 2.65. The van der Waals surface area contributed by atoms with E-state index < -0.39 is 0 Å². The highest BCUT2D eigenvalue weighted by atomic mass is 15.5. The number of benzene rings is 1. The number of allylic oxidation sites excluding steroid dienone is 4.